The third kappa shape index (κ3) is 4.22. The Morgan fingerprint density at radius 3 is 2.39 bits per heavy atom. The predicted molar refractivity (Wildman–Crippen MR) is 160 cm³/mol. The summed E-state index contributed by atoms with van der Waals surface area (Å²) in [6.07, 6.45) is 1.59. The molecule has 4 unspecified atom stereocenters. The predicted octanol–water partition coefficient (Wildman–Crippen LogP) is 3.80. The highest BCUT2D eigenvalue weighted by Crippen LogP contribution is 2.53. The van der Waals surface area contributed by atoms with Crippen molar-refractivity contribution in [1.29, 1.82) is 0 Å². The van der Waals surface area contributed by atoms with E-state index in [0.717, 1.165) is 15.8 Å². The lowest BCUT2D eigenvalue weighted by Crippen LogP contribution is -2.57. The molecule has 0 saturated carbocycles. The number of imide groups is 1. The maximum absolute atomic E-state index is 14.4. The first kappa shape index (κ1) is 28.9. The monoisotopic (exact) mass is 597 g/mol. The van der Waals surface area contributed by atoms with Crippen molar-refractivity contribution in [1.82, 2.24) is 10.3 Å². The SMILES string of the molecule is COC(=O)c1c(OC)cc(OC)cc1C1NC(Cc2c[nH]c3ccccc23)(C(=O)O)C2C(=O)N(c3ccccc3C)C(=O)C12. The summed E-state index contributed by atoms with van der Waals surface area (Å²) in [5.41, 5.74) is 0.783. The number of carboxylic acid groups (broad SMARTS) is 1. The van der Waals surface area contributed by atoms with E-state index < -0.39 is 47.2 Å². The third-order valence-electron chi connectivity index (χ3n) is 8.82. The van der Waals surface area contributed by atoms with Crippen LogP contribution in [0.25, 0.3) is 10.9 Å². The molecule has 4 aromatic rings. The fourth-order valence-corrected chi connectivity index (χ4v) is 6.79. The summed E-state index contributed by atoms with van der Waals surface area (Å²) >= 11 is 0. The zero-order valence-corrected chi connectivity index (χ0v) is 24.5. The summed E-state index contributed by atoms with van der Waals surface area (Å²) < 4.78 is 16.1. The van der Waals surface area contributed by atoms with Crippen molar-refractivity contribution in [2.24, 2.45) is 11.8 Å². The fourth-order valence-electron chi connectivity index (χ4n) is 6.79. The number of fused-ring (bicyclic) bond motifs is 2. The Balaban J connectivity index is 1.60. The molecule has 2 amide bonds. The van der Waals surface area contributed by atoms with E-state index in [4.69, 9.17) is 14.2 Å². The van der Waals surface area contributed by atoms with Crippen LogP contribution in [0, 0.1) is 18.8 Å². The van der Waals surface area contributed by atoms with Gasteiger partial charge < -0.3 is 24.3 Å². The first-order valence-electron chi connectivity index (χ1n) is 14.0. The number of methoxy groups -OCH3 is 3. The minimum absolute atomic E-state index is 0.00470. The summed E-state index contributed by atoms with van der Waals surface area (Å²) in [4.78, 5) is 59.7. The lowest BCUT2D eigenvalue weighted by molar-refractivity contribution is -0.148. The molecule has 0 radical (unpaired) electrons. The van der Waals surface area contributed by atoms with Crippen molar-refractivity contribution < 1.29 is 38.5 Å². The van der Waals surface area contributed by atoms with Crippen LogP contribution in [0.3, 0.4) is 0 Å². The highest BCUT2D eigenvalue weighted by molar-refractivity contribution is 6.24. The Hall–Kier alpha value is -5.16. The molecule has 2 aliphatic heterocycles. The molecule has 44 heavy (non-hydrogen) atoms. The number of H-pyrrole nitrogens is 1. The molecule has 2 aliphatic rings. The zero-order valence-electron chi connectivity index (χ0n) is 24.5. The number of aliphatic carboxylic acids is 1. The number of aromatic nitrogens is 1. The summed E-state index contributed by atoms with van der Waals surface area (Å²) in [6.45, 7) is 1.78. The van der Waals surface area contributed by atoms with E-state index in [-0.39, 0.29) is 23.3 Å². The van der Waals surface area contributed by atoms with Crippen LogP contribution in [0.4, 0.5) is 5.69 Å². The first-order valence-corrected chi connectivity index (χ1v) is 14.0. The molecule has 4 atom stereocenters. The molecule has 11 heteroatoms. The number of hydrogen-bond acceptors (Lipinski definition) is 8. The molecular weight excluding hydrogens is 566 g/mol. The maximum atomic E-state index is 14.4. The van der Waals surface area contributed by atoms with Gasteiger partial charge in [-0.05, 0) is 41.8 Å². The van der Waals surface area contributed by atoms with E-state index >= 15 is 0 Å². The summed E-state index contributed by atoms with van der Waals surface area (Å²) in [6, 6.07) is 16.3. The summed E-state index contributed by atoms with van der Waals surface area (Å²) in [5.74, 6) is -5.37. The van der Waals surface area contributed by atoms with Crippen molar-refractivity contribution in [2.45, 2.75) is 24.9 Å². The number of esters is 1. The molecule has 3 N–H and O–H groups in total. The minimum atomic E-state index is -1.94. The van der Waals surface area contributed by atoms with Crippen LogP contribution in [0.5, 0.6) is 11.5 Å². The largest absolute Gasteiger partial charge is 0.497 e. The van der Waals surface area contributed by atoms with E-state index in [1.54, 1.807) is 43.5 Å². The van der Waals surface area contributed by atoms with Gasteiger partial charge in [-0.25, -0.2) is 9.69 Å². The lowest BCUT2D eigenvalue weighted by Gasteiger charge is -2.32. The number of nitrogens with zero attached hydrogens (tertiary/aromatic N) is 1. The van der Waals surface area contributed by atoms with Crippen molar-refractivity contribution in [3.63, 3.8) is 0 Å². The molecule has 3 aromatic carbocycles. The zero-order chi connectivity index (χ0) is 31.3. The van der Waals surface area contributed by atoms with Crippen molar-refractivity contribution in [3.8, 4) is 11.5 Å². The van der Waals surface area contributed by atoms with Crippen LogP contribution in [0.2, 0.25) is 0 Å². The van der Waals surface area contributed by atoms with Gasteiger partial charge in [0.2, 0.25) is 11.8 Å². The Labute approximate surface area is 252 Å². The smallest absolute Gasteiger partial charge is 0.341 e. The quantitative estimate of drug-likeness (QED) is 0.204. The highest BCUT2D eigenvalue weighted by atomic mass is 16.5. The van der Waals surface area contributed by atoms with E-state index in [0.29, 0.717) is 22.6 Å². The second-order valence-corrected chi connectivity index (χ2v) is 11.0. The Morgan fingerprint density at radius 2 is 1.70 bits per heavy atom. The Bertz CT molecular complexity index is 1830. The maximum Gasteiger partial charge on any atom is 0.341 e. The fraction of sp³-hybridized carbons (Fsp3) is 0.273. The number of carbonyl (C=O) groups is 4. The number of ether oxygens (including phenoxy) is 3. The van der Waals surface area contributed by atoms with Crippen LogP contribution in [-0.4, -0.2) is 60.7 Å². The molecule has 0 bridgehead atoms. The number of aryl methyl sites for hydroxylation is 1. The van der Waals surface area contributed by atoms with Gasteiger partial charge in [0.25, 0.3) is 0 Å². The Morgan fingerprint density at radius 1 is 0.977 bits per heavy atom. The average Bonchev–Trinajstić information content (AvgIpc) is 3.68. The molecule has 0 spiro atoms. The van der Waals surface area contributed by atoms with E-state index in [9.17, 15) is 24.3 Å². The standard InChI is InChI=1S/C33H31N3O8/c1-17-9-5-8-12-23(17)36-29(37)26-27(30(36)38)33(32(40)41,15-18-16-34-22-11-7-6-10-20(18)22)35-28(26)21-13-19(42-2)14-24(43-3)25(21)31(39)44-4/h5-14,16,26-28,34-35H,15H2,1-4H3,(H,40,41). The van der Waals surface area contributed by atoms with Crippen LogP contribution < -0.4 is 19.7 Å². The normalized spacial score (nSPS) is 22.7. The third-order valence-corrected chi connectivity index (χ3v) is 8.82. The topological polar surface area (TPSA) is 147 Å². The van der Waals surface area contributed by atoms with Gasteiger partial charge in [-0.2, -0.15) is 0 Å². The number of aromatic amines is 1. The molecule has 3 heterocycles. The van der Waals surface area contributed by atoms with Gasteiger partial charge in [0.1, 0.15) is 22.6 Å². The van der Waals surface area contributed by atoms with Gasteiger partial charge in [0.05, 0.1) is 38.9 Å². The molecule has 226 valence electrons. The Kier molecular flexibility index (Phi) is 7.13. The van der Waals surface area contributed by atoms with Gasteiger partial charge in [0.15, 0.2) is 0 Å². The number of benzene rings is 3. The number of carboxylic acids is 1. The lowest BCUT2D eigenvalue weighted by atomic mass is 9.76. The second kappa shape index (κ2) is 10.8. The molecular formula is C33H31N3O8. The summed E-state index contributed by atoms with van der Waals surface area (Å²) in [7, 11) is 4.02. The van der Waals surface area contributed by atoms with Crippen LogP contribution in [0.15, 0.2) is 66.9 Å². The molecule has 2 fully saturated rings. The number of anilines is 1. The number of hydrogen-bond donors (Lipinski definition) is 3. The number of nitrogens with one attached hydrogen (secondary N) is 2. The van der Waals surface area contributed by atoms with Gasteiger partial charge in [0, 0.05) is 35.6 Å². The number of rotatable bonds is 8. The molecule has 1 aromatic heterocycles. The van der Waals surface area contributed by atoms with Gasteiger partial charge in [-0.3, -0.25) is 19.7 Å². The highest BCUT2D eigenvalue weighted by Gasteiger charge is 2.69. The van der Waals surface area contributed by atoms with Crippen molar-refractivity contribution in [2.75, 3.05) is 26.2 Å². The number of amides is 2. The molecule has 2 saturated heterocycles. The van der Waals surface area contributed by atoms with E-state index in [1.807, 2.05) is 24.3 Å². The molecule has 0 aliphatic carbocycles. The van der Waals surface area contributed by atoms with Gasteiger partial charge >= 0.3 is 11.9 Å². The first-order chi connectivity index (χ1) is 21.2. The van der Waals surface area contributed by atoms with Gasteiger partial charge in [-0.15, -0.1) is 0 Å². The van der Waals surface area contributed by atoms with Crippen LogP contribution >= 0.6 is 0 Å². The van der Waals surface area contributed by atoms with E-state index in [2.05, 4.69) is 10.3 Å². The number of para-hydroxylation sites is 2. The van der Waals surface area contributed by atoms with Crippen LogP contribution in [-0.2, 0) is 25.5 Å². The number of carbonyl (C=O) groups excluding carboxylic acids is 3. The second-order valence-electron chi connectivity index (χ2n) is 11.0. The van der Waals surface area contributed by atoms with Crippen molar-refractivity contribution >= 4 is 40.3 Å². The van der Waals surface area contributed by atoms with Gasteiger partial charge in [-0.1, -0.05) is 36.4 Å². The summed E-state index contributed by atoms with van der Waals surface area (Å²) in [5, 5.41) is 15.0. The molecule has 11 nitrogen and oxygen atoms in total. The molecule has 6 rings (SSSR count). The minimum Gasteiger partial charge on any atom is -0.497 e. The van der Waals surface area contributed by atoms with Crippen LogP contribution in [0.1, 0.15) is 33.1 Å². The van der Waals surface area contributed by atoms with E-state index in [1.165, 1.54) is 27.4 Å². The van der Waals surface area contributed by atoms with Crippen molar-refractivity contribution in [3.05, 3.63) is 89.1 Å². The average molecular weight is 598 g/mol.